The maximum Gasteiger partial charge on any atom is 0.224 e. The number of nitrogens with one attached hydrogen (secondary N) is 1. The van der Waals surface area contributed by atoms with E-state index in [4.69, 9.17) is 0 Å². The predicted molar refractivity (Wildman–Crippen MR) is 72.8 cm³/mol. The van der Waals surface area contributed by atoms with Crippen LogP contribution in [0.5, 0.6) is 0 Å². The molecule has 2 heterocycles. The first-order valence-corrected chi connectivity index (χ1v) is 7.15. The molecule has 1 fully saturated rings. The van der Waals surface area contributed by atoms with E-state index in [0.29, 0.717) is 13.0 Å². The largest absolute Gasteiger partial charge is 0.340 e. The van der Waals surface area contributed by atoms with Crippen molar-refractivity contribution in [2.75, 3.05) is 26.2 Å². The number of hydrogen-bond acceptors (Lipinski definition) is 4. The monoisotopic (exact) mass is 265 g/mol. The van der Waals surface area contributed by atoms with Crippen molar-refractivity contribution < 1.29 is 4.79 Å². The van der Waals surface area contributed by atoms with Crippen molar-refractivity contribution in [2.24, 2.45) is 0 Å². The Balaban J connectivity index is 1.90. The molecule has 6 heteroatoms. The van der Waals surface area contributed by atoms with Gasteiger partial charge < -0.3 is 10.2 Å². The fourth-order valence-electron chi connectivity index (χ4n) is 2.29. The Morgan fingerprint density at radius 1 is 1.26 bits per heavy atom. The maximum atomic E-state index is 12.1. The summed E-state index contributed by atoms with van der Waals surface area (Å²) in [6.07, 6.45) is 2.21. The lowest BCUT2D eigenvalue weighted by Crippen LogP contribution is -2.46. The molecule has 106 valence electrons. The number of aryl methyl sites for hydroxylation is 3. The highest BCUT2D eigenvalue weighted by Crippen LogP contribution is 2.04. The molecule has 1 aromatic rings. The number of carbonyl (C=O) groups excluding carboxylic acids is 1. The Morgan fingerprint density at radius 3 is 2.63 bits per heavy atom. The van der Waals surface area contributed by atoms with Crippen molar-refractivity contribution in [3.05, 3.63) is 11.6 Å². The average molecular weight is 265 g/mol. The van der Waals surface area contributed by atoms with E-state index in [9.17, 15) is 4.79 Å². The molecule has 19 heavy (non-hydrogen) atoms. The molecule has 6 nitrogen and oxygen atoms in total. The van der Waals surface area contributed by atoms with E-state index in [1.807, 2.05) is 16.5 Å². The number of amides is 1. The summed E-state index contributed by atoms with van der Waals surface area (Å²) in [6.45, 7) is 8.18. The van der Waals surface area contributed by atoms with Gasteiger partial charge in [0.05, 0.1) is 6.54 Å². The third kappa shape index (κ3) is 3.53. The molecular weight excluding hydrogens is 242 g/mol. The number of rotatable bonds is 5. The molecule has 0 atom stereocenters. The standard InChI is InChI=1S/C13H23N5O/c1-3-11-15-12(4-2)18(16-11)8-5-13(19)17-9-6-14-7-10-17/h14H,3-10H2,1-2H3. The van der Waals surface area contributed by atoms with Crippen LogP contribution in [-0.2, 0) is 24.2 Å². The van der Waals surface area contributed by atoms with Crippen LogP contribution in [0.2, 0.25) is 0 Å². The second-order valence-corrected chi connectivity index (χ2v) is 4.76. The fraction of sp³-hybridized carbons (Fsp3) is 0.769. The zero-order valence-corrected chi connectivity index (χ0v) is 11.9. The molecule has 2 rings (SSSR count). The zero-order valence-electron chi connectivity index (χ0n) is 11.9. The van der Waals surface area contributed by atoms with E-state index in [1.165, 1.54) is 0 Å². The fourth-order valence-corrected chi connectivity index (χ4v) is 2.29. The highest BCUT2D eigenvalue weighted by atomic mass is 16.2. The summed E-state index contributed by atoms with van der Waals surface area (Å²) in [6, 6.07) is 0. The molecule has 0 radical (unpaired) electrons. The summed E-state index contributed by atoms with van der Waals surface area (Å²) >= 11 is 0. The van der Waals surface area contributed by atoms with Gasteiger partial charge >= 0.3 is 0 Å². The average Bonchev–Trinajstić information content (AvgIpc) is 2.88. The molecule has 0 aromatic carbocycles. The minimum atomic E-state index is 0.220. The van der Waals surface area contributed by atoms with Crippen LogP contribution in [-0.4, -0.2) is 51.8 Å². The molecule has 0 unspecified atom stereocenters. The van der Waals surface area contributed by atoms with Gasteiger partial charge in [-0.25, -0.2) is 9.67 Å². The van der Waals surface area contributed by atoms with Crippen molar-refractivity contribution in [3.8, 4) is 0 Å². The number of piperazine rings is 1. The lowest BCUT2D eigenvalue weighted by molar-refractivity contribution is -0.132. The van der Waals surface area contributed by atoms with E-state index in [1.54, 1.807) is 0 Å². The van der Waals surface area contributed by atoms with Gasteiger partial charge in [-0.1, -0.05) is 13.8 Å². The van der Waals surface area contributed by atoms with Crippen LogP contribution >= 0.6 is 0 Å². The first-order chi connectivity index (χ1) is 9.24. The molecule has 1 N–H and O–H groups in total. The number of aromatic nitrogens is 3. The van der Waals surface area contributed by atoms with Gasteiger partial charge in [0.25, 0.3) is 0 Å². The Hall–Kier alpha value is -1.43. The third-order valence-corrected chi connectivity index (χ3v) is 3.43. The van der Waals surface area contributed by atoms with Crippen molar-refractivity contribution in [1.29, 1.82) is 0 Å². The van der Waals surface area contributed by atoms with Crippen LogP contribution in [0, 0.1) is 0 Å². The van der Waals surface area contributed by atoms with Crippen molar-refractivity contribution in [1.82, 2.24) is 25.0 Å². The van der Waals surface area contributed by atoms with Gasteiger partial charge in [-0.2, -0.15) is 5.10 Å². The molecule has 1 aliphatic heterocycles. The van der Waals surface area contributed by atoms with E-state index in [2.05, 4.69) is 22.3 Å². The Bertz CT molecular complexity index is 423. The Kier molecular flexibility index (Phi) is 4.90. The topological polar surface area (TPSA) is 63.1 Å². The van der Waals surface area contributed by atoms with Crippen LogP contribution in [0.1, 0.15) is 31.9 Å². The minimum absolute atomic E-state index is 0.220. The first kappa shape index (κ1) is 14.0. The highest BCUT2D eigenvalue weighted by Gasteiger charge is 2.16. The van der Waals surface area contributed by atoms with Crippen molar-refractivity contribution in [2.45, 2.75) is 39.7 Å². The Morgan fingerprint density at radius 2 is 2.00 bits per heavy atom. The second kappa shape index (κ2) is 6.65. The number of carbonyl (C=O) groups is 1. The summed E-state index contributed by atoms with van der Waals surface area (Å²) in [5.41, 5.74) is 0. The van der Waals surface area contributed by atoms with Gasteiger partial charge in [0.2, 0.25) is 5.91 Å². The summed E-state index contributed by atoms with van der Waals surface area (Å²) < 4.78 is 1.89. The summed E-state index contributed by atoms with van der Waals surface area (Å²) in [5.74, 6) is 2.06. The molecule has 1 aliphatic rings. The molecule has 0 aliphatic carbocycles. The van der Waals surface area contributed by atoms with Gasteiger partial charge in [-0.15, -0.1) is 0 Å². The molecule has 1 amide bonds. The van der Waals surface area contributed by atoms with Gasteiger partial charge in [-0.05, 0) is 0 Å². The number of nitrogens with zero attached hydrogens (tertiary/aromatic N) is 4. The van der Waals surface area contributed by atoms with Gasteiger partial charge in [-0.3, -0.25) is 4.79 Å². The van der Waals surface area contributed by atoms with Gasteiger partial charge in [0.15, 0.2) is 5.82 Å². The summed E-state index contributed by atoms with van der Waals surface area (Å²) in [4.78, 5) is 18.5. The van der Waals surface area contributed by atoms with E-state index < -0.39 is 0 Å². The van der Waals surface area contributed by atoms with Crippen molar-refractivity contribution in [3.63, 3.8) is 0 Å². The van der Waals surface area contributed by atoms with E-state index >= 15 is 0 Å². The Labute approximate surface area is 114 Å². The second-order valence-electron chi connectivity index (χ2n) is 4.76. The van der Waals surface area contributed by atoms with Crippen LogP contribution in [0.4, 0.5) is 0 Å². The molecular formula is C13H23N5O. The zero-order chi connectivity index (χ0) is 13.7. The van der Waals surface area contributed by atoms with Crippen LogP contribution in [0.3, 0.4) is 0 Å². The summed E-state index contributed by atoms with van der Waals surface area (Å²) in [5, 5.41) is 7.69. The van der Waals surface area contributed by atoms with Crippen LogP contribution in [0.25, 0.3) is 0 Å². The summed E-state index contributed by atoms with van der Waals surface area (Å²) in [7, 11) is 0. The lowest BCUT2D eigenvalue weighted by Gasteiger charge is -2.27. The SMILES string of the molecule is CCc1nc(CC)n(CCC(=O)N2CCNCC2)n1. The first-order valence-electron chi connectivity index (χ1n) is 7.15. The van der Waals surface area contributed by atoms with Crippen LogP contribution in [0.15, 0.2) is 0 Å². The molecule has 1 aromatic heterocycles. The molecule has 0 saturated carbocycles. The van der Waals surface area contributed by atoms with Gasteiger partial charge in [0, 0.05) is 45.4 Å². The minimum Gasteiger partial charge on any atom is -0.340 e. The quantitative estimate of drug-likeness (QED) is 0.827. The normalized spacial score (nSPS) is 15.8. The lowest BCUT2D eigenvalue weighted by atomic mass is 10.3. The molecule has 1 saturated heterocycles. The highest BCUT2D eigenvalue weighted by molar-refractivity contribution is 5.76. The third-order valence-electron chi connectivity index (χ3n) is 3.43. The molecule has 0 bridgehead atoms. The smallest absolute Gasteiger partial charge is 0.224 e. The molecule has 0 spiro atoms. The van der Waals surface area contributed by atoms with Crippen LogP contribution < -0.4 is 5.32 Å². The number of hydrogen-bond donors (Lipinski definition) is 1. The van der Waals surface area contributed by atoms with Crippen molar-refractivity contribution >= 4 is 5.91 Å². The van der Waals surface area contributed by atoms with E-state index in [0.717, 1.165) is 50.7 Å². The van der Waals surface area contributed by atoms with Gasteiger partial charge in [0.1, 0.15) is 5.82 Å². The predicted octanol–water partition coefficient (Wildman–Crippen LogP) is 0.225. The maximum absolute atomic E-state index is 12.1. The van der Waals surface area contributed by atoms with E-state index in [-0.39, 0.29) is 5.91 Å².